The molecule has 10 rings (SSSR count). The van der Waals surface area contributed by atoms with E-state index in [1.807, 2.05) is 9.97 Å². The molecular weight excluding hydrogens is 1470 g/mol. The summed E-state index contributed by atoms with van der Waals surface area (Å²) in [6, 6.07) is 4.78. The van der Waals surface area contributed by atoms with Gasteiger partial charge in [0, 0.05) is 47.7 Å². The molecule has 0 radical (unpaired) electrons. The lowest BCUT2D eigenvalue weighted by molar-refractivity contribution is -0.0663. The fourth-order valence-electron chi connectivity index (χ4n) is 10.6. The summed E-state index contributed by atoms with van der Waals surface area (Å²) in [5, 5.41) is 67.4. The molecule has 5 aliphatic heterocycles. The van der Waals surface area contributed by atoms with E-state index in [4.69, 9.17) is 77.1 Å². The van der Waals surface area contributed by atoms with Gasteiger partial charge in [-0.2, -0.15) is 15.0 Å². The maximum atomic E-state index is 14.1. The second-order valence-electron chi connectivity index (χ2n) is 21.8. The number of nitrogens with two attached hydrogens (primary N) is 3. The summed E-state index contributed by atoms with van der Waals surface area (Å²) >= 11 is 0. The molecule has 25 atom stereocenters. The molecular formula is C45H59N13O37P5+. The van der Waals surface area contributed by atoms with Gasteiger partial charge in [0.2, 0.25) is 0 Å². The van der Waals surface area contributed by atoms with E-state index in [0.29, 0.717) is 22.8 Å². The number of H-pyrrole nitrogens is 2. The molecule has 5 fully saturated rings. The summed E-state index contributed by atoms with van der Waals surface area (Å²) in [5.41, 5.74) is 9.15. The van der Waals surface area contributed by atoms with Crippen molar-refractivity contribution in [1.82, 2.24) is 47.8 Å². The number of phosphoric acid groups is 4. The second kappa shape index (κ2) is 30.4. The Kier molecular flexibility index (Phi) is 23.1. The number of phosphoric ester groups is 4. The first-order valence-corrected chi connectivity index (χ1v) is 35.4. The molecule has 550 valence electrons. The van der Waals surface area contributed by atoms with Crippen LogP contribution >= 0.6 is 39.5 Å². The van der Waals surface area contributed by atoms with Crippen LogP contribution in [0.5, 0.6) is 0 Å². The van der Waals surface area contributed by atoms with Gasteiger partial charge in [-0.05, 0) is 18.2 Å². The average Bonchev–Trinajstić information content (AvgIpc) is 1.65. The van der Waals surface area contributed by atoms with Gasteiger partial charge in [-0.3, -0.25) is 78.6 Å². The summed E-state index contributed by atoms with van der Waals surface area (Å²) < 4.78 is 144. The number of hydrogen-bond acceptors (Lipinski definition) is 38. The Morgan fingerprint density at radius 3 is 0.960 bits per heavy atom. The Balaban J connectivity index is 0.855. The molecule has 55 heteroatoms. The summed E-state index contributed by atoms with van der Waals surface area (Å²) in [7, 11) is -26.6. The third-order valence-electron chi connectivity index (χ3n) is 15.2. The van der Waals surface area contributed by atoms with E-state index in [1.54, 1.807) is 0 Å². The molecule has 50 nitrogen and oxygen atoms in total. The van der Waals surface area contributed by atoms with Crippen molar-refractivity contribution in [2.24, 2.45) is 0 Å². The summed E-state index contributed by atoms with van der Waals surface area (Å²) in [6.45, 7) is -6.30. The zero-order chi connectivity index (χ0) is 72.8. The van der Waals surface area contributed by atoms with Crippen molar-refractivity contribution in [2.75, 3.05) is 50.2 Å². The van der Waals surface area contributed by atoms with E-state index in [1.165, 1.54) is 0 Å². The molecule has 5 aromatic heterocycles. The van der Waals surface area contributed by atoms with Crippen molar-refractivity contribution in [3.8, 4) is 0 Å². The molecule has 0 bridgehead atoms. The number of anilines is 3. The van der Waals surface area contributed by atoms with E-state index in [2.05, 4.69) is 19.5 Å². The average molecular weight is 1530 g/mol. The van der Waals surface area contributed by atoms with Gasteiger partial charge < -0.3 is 91.1 Å². The number of nitrogens with one attached hydrogen (secondary N) is 2. The molecule has 0 aromatic carbocycles. The van der Waals surface area contributed by atoms with Gasteiger partial charge in [0.1, 0.15) is 116 Å². The summed E-state index contributed by atoms with van der Waals surface area (Å²) in [5.74, 6) is -1.07. The SMILES string of the molecule is Nc1ccn([C@@H]2O[C@H](COP(=O)(O)O[C@H]3[C@@H](O)[C@H](n4ccc(N)nc4=O)O[C@@H]3COP(=O)(O)O[C@H]3[C@@H](O)[C@H](n4ccc(N)nc4=O)O[C@@H]3COP(=O)(O)O[C@H]3[C@@H](O)[C@H](n4ccc(=O)[nH]c4=O)O[C@@H]3CO[P+](=O)O)[C@@H](OP(=O)(O)OC[C@H]3O[C@@H](n4ccc(=O)[nH]c4=O)[C@H](O)[C@@H]3O)[C@H]2O)c(=O)n1. The Morgan fingerprint density at radius 1 is 0.410 bits per heavy atom. The third kappa shape index (κ3) is 17.4. The normalized spacial score (nSPS) is 33.2. The van der Waals surface area contributed by atoms with Gasteiger partial charge in [-0.1, -0.05) is 0 Å². The van der Waals surface area contributed by atoms with Crippen molar-refractivity contribution in [3.63, 3.8) is 0 Å². The number of ether oxygens (including phenoxy) is 5. The van der Waals surface area contributed by atoms with Gasteiger partial charge in [0.05, 0.1) is 26.4 Å². The monoisotopic (exact) mass is 1530 g/mol. The third-order valence-corrected chi connectivity index (χ3v) is 19.5. The lowest BCUT2D eigenvalue weighted by Gasteiger charge is -2.27. The molecule has 5 unspecified atom stereocenters. The zero-order valence-corrected chi connectivity index (χ0v) is 54.4. The van der Waals surface area contributed by atoms with Gasteiger partial charge >= 0.3 is 68.0 Å². The minimum absolute atomic E-state index is 0.339. The van der Waals surface area contributed by atoms with Crippen LogP contribution in [-0.2, 0) is 87.2 Å². The number of aromatic amines is 2. The zero-order valence-electron chi connectivity index (χ0n) is 49.9. The Hall–Kier alpha value is -6.58. The van der Waals surface area contributed by atoms with Crippen LogP contribution in [0.25, 0.3) is 0 Å². The molecule has 10 heterocycles. The number of aromatic nitrogens is 10. The maximum absolute atomic E-state index is 14.1. The van der Waals surface area contributed by atoms with Crippen LogP contribution in [-0.4, -0.2) is 227 Å². The van der Waals surface area contributed by atoms with Crippen molar-refractivity contribution in [2.45, 2.75) is 123 Å². The lowest BCUT2D eigenvalue weighted by Crippen LogP contribution is -2.39. The van der Waals surface area contributed by atoms with Gasteiger partial charge in [-0.25, -0.2) is 42.2 Å². The molecule has 0 aliphatic carbocycles. The molecule has 0 spiro atoms. The number of aliphatic hydroxyl groups excluding tert-OH is 6. The largest absolute Gasteiger partial charge is 0.694 e. The number of hydrogen-bond donors (Lipinski definition) is 16. The predicted octanol–water partition coefficient (Wildman–Crippen LogP) is -8.07. The smallest absolute Gasteiger partial charge is 0.387 e. The standard InChI is InChI=1S/C45H58N13O37P5/c46-21-1-6-54(41(67)49-21)37-29(64)33(93-97(74,75)83-12-16-26(61)27(62)36(87-16)57-9-4-24(59)52-44(57)70)18(89-37)14-85-99(78,79)95-35-20(91-39(31(35)66)56-8-3-23(48)51-43(56)69)15-86-100(80,81)94-34-19(90-38(30(34)65)55-7-2-22(47)50-42(55)68)13-84-98(76,77)92-32-17(11-82-96(72)73)88-40(28(32)63)58-10-5-25(60)53-45(58)71/h1-10,16-20,26-40,61-66H,11-15H2,(H12-,46,47,48,49,50,51,52,53,59,60,67,68,69,70,71,72,73,74,75,76,77,78,79,80,81)/p+1/t16-,17-,18-,19-,20-,26-,27-,28-,29-,30-,31-,32-,33-,34-,35-,36-,37-,38-,39-,40-/m1/s1. The van der Waals surface area contributed by atoms with E-state index < -0.39 is 235 Å². The van der Waals surface area contributed by atoms with Crippen LogP contribution in [0.2, 0.25) is 0 Å². The predicted molar refractivity (Wildman–Crippen MR) is 315 cm³/mol. The Morgan fingerprint density at radius 2 is 0.670 bits per heavy atom. The van der Waals surface area contributed by atoms with Crippen LogP contribution < -0.4 is 56.8 Å². The highest BCUT2D eigenvalue weighted by atomic mass is 31.2. The van der Waals surface area contributed by atoms with Gasteiger partial charge in [-0.15, -0.1) is 9.42 Å². The summed E-state index contributed by atoms with van der Waals surface area (Å²) in [6.07, 6.45) is -37.1. The van der Waals surface area contributed by atoms with Crippen LogP contribution in [0.1, 0.15) is 31.1 Å². The first-order chi connectivity index (χ1) is 46.9. The Bertz CT molecular complexity index is 4480. The van der Waals surface area contributed by atoms with Gasteiger partial charge in [0.25, 0.3) is 11.1 Å². The van der Waals surface area contributed by atoms with E-state index in [9.17, 15) is 111 Å². The maximum Gasteiger partial charge on any atom is 0.694 e. The highest BCUT2D eigenvalue weighted by Gasteiger charge is 2.56. The van der Waals surface area contributed by atoms with Crippen LogP contribution in [0.3, 0.4) is 0 Å². The molecule has 0 saturated carbocycles. The van der Waals surface area contributed by atoms with Crippen molar-refractivity contribution in [3.05, 3.63) is 134 Å². The molecule has 5 saturated heterocycles. The van der Waals surface area contributed by atoms with E-state index >= 15 is 0 Å². The number of rotatable bonds is 28. The number of nitrogens with zero attached hydrogens (tertiary/aromatic N) is 8. The molecule has 5 aromatic rings. The second-order valence-corrected chi connectivity index (χ2v) is 28.2. The van der Waals surface area contributed by atoms with Crippen LogP contribution in [0, 0.1) is 0 Å². The number of aliphatic hydroxyl groups is 6. The highest BCUT2D eigenvalue weighted by molar-refractivity contribution is 7.48. The molecule has 5 aliphatic rings. The fourth-order valence-corrected chi connectivity index (χ4v) is 14.7. The molecule has 0 amide bonds. The molecule has 19 N–H and O–H groups in total. The van der Waals surface area contributed by atoms with Crippen LogP contribution in [0.15, 0.2) is 94.9 Å². The van der Waals surface area contributed by atoms with Crippen molar-refractivity contribution < 1.29 is 142 Å². The molecule has 100 heavy (non-hydrogen) atoms. The fraction of sp³-hybridized carbons (Fsp3) is 0.556. The first-order valence-electron chi connectivity index (χ1n) is 28.3. The minimum atomic E-state index is -5.92. The van der Waals surface area contributed by atoms with Crippen molar-refractivity contribution in [1.29, 1.82) is 0 Å². The van der Waals surface area contributed by atoms with Gasteiger partial charge in [0.15, 0.2) is 31.1 Å². The minimum Gasteiger partial charge on any atom is -0.387 e. The highest BCUT2D eigenvalue weighted by Crippen LogP contribution is 2.55. The lowest BCUT2D eigenvalue weighted by atomic mass is 10.1. The summed E-state index contributed by atoms with van der Waals surface area (Å²) in [4.78, 5) is 156. The van der Waals surface area contributed by atoms with Crippen molar-refractivity contribution >= 4 is 57.0 Å². The quantitative estimate of drug-likeness (QED) is 0.0207. The Labute approximate surface area is 553 Å². The van der Waals surface area contributed by atoms with E-state index in [0.717, 1.165) is 61.3 Å². The topological polar surface area (TPSA) is 730 Å². The first kappa shape index (κ1) is 76.1. The van der Waals surface area contributed by atoms with E-state index in [-0.39, 0.29) is 17.5 Å². The van der Waals surface area contributed by atoms with Crippen LogP contribution in [0.4, 0.5) is 17.5 Å². The number of nitrogen functional groups attached to an aromatic ring is 3.